The van der Waals surface area contributed by atoms with Gasteiger partial charge in [0.05, 0.1) is 27.6 Å². The van der Waals surface area contributed by atoms with Gasteiger partial charge < -0.3 is 19.6 Å². The summed E-state index contributed by atoms with van der Waals surface area (Å²) in [6, 6.07) is 11.9. The van der Waals surface area contributed by atoms with Gasteiger partial charge in [-0.25, -0.2) is 4.21 Å². The van der Waals surface area contributed by atoms with Gasteiger partial charge in [0.25, 0.3) is 5.91 Å². The van der Waals surface area contributed by atoms with Crippen LogP contribution in [0.25, 0.3) is 0 Å². The van der Waals surface area contributed by atoms with E-state index in [0.717, 1.165) is 68.1 Å². The van der Waals surface area contributed by atoms with Crippen LogP contribution >= 0.6 is 11.6 Å². The molecule has 4 aliphatic rings. The zero-order valence-electron chi connectivity index (χ0n) is 27.5. The molecule has 1 spiro atoms. The van der Waals surface area contributed by atoms with Gasteiger partial charge in [-0.3, -0.25) is 9.52 Å². The van der Waals surface area contributed by atoms with E-state index in [2.05, 4.69) is 53.5 Å². The normalized spacial score (nSPS) is 37.1. The number of benzene rings is 2. The van der Waals surface area contributed by atoms with Crippen LogP contribution < -0.4 is 14.4 Å². The maximum absolute atomic E-state index is 13.9. The standard InChI is InChI=1S/C36H50ClN3O4S/c1-23-16-29(39(4)5)19-35(3,42)30-12-9-27(30)20-40-21-36(15-7-8-25-17-28(37)11-13-31(25)36)22-44-33-14-10-26(18-32(33)40)34(41)38-45(6,43)24(23)2/h10-11,13-14,17-18,23-24,27,29-30,42H,6-9,12,15-16,19-22H2,1-5H3,(H,38,41,43)/t23-,24+,27-,29-,30+,35+,36-,45?/m0/s1. The number of anilines is 1. The highest BCUT2D eigenvalue weighted by atomic mass is 35.5. The van der Waals surface area contributed by atoms with Gasteiger partial charge in [-0.1, -0.05) is 24.6 Å². The summed E-state index contributed by atoms with van der Waals surface area (Å²) in [5.41, 5.74) is 2.82. The zero-order chi connectivity index (χ0) is 32.3. The van der Waals surface area contributed by atoms with Gasteiger partial charge >= 0.3 is 0 Å². The van der Waals surface area contributed by atoms with Crippen LogP contribution in [-0.2, 0) is 21.5 Å². The summed E-state index contributed by atoms with van der Waals surface area (Å²) >= 11 is 6.44. The number of nitrogens with one attached hydrogen (secondary N) is 1. The molecule has 2 aliphatic carbocycles. The first-order chi connectivity index (χ1) is 21.2. The average Bonchev–Trinajstić information content (AvgIpc) is 3.10. The number of fused-ring (bicyclic) bond motifs is 4. The van der Waals surface area contributed by atoms with Gasteiger partial charge in [-0.05, 0) is 138 Å². The first-order valence-electron chi connectivity index (χ1n) is 16.6. The maximum atomic E-state index is 13.9. The number of aliphatic hydroxyl groups is 1. The molecule has 0 radical (unpaired) electrons. The van der Waals surface area contributed by atoms with E-state index in [-0.39, 0.29) is 34.4 Å². The monoisotopic (exact) mass is 655 g/mol. The molecule has 2 N–H and O–H groups in total. The number of carbonyl (C=O) groups excluding carboxylic acids is 1. The lowest BCUT2D eigenvalue weighted by Crippen LogP contribution is -2.54. The highest BCUT2D eigenvalue weighted by molar-refractivity contribution is 7.99. The third-order valence-electron chi connectivity index (χ3n) is 11.7. The van der Waals surface area contributed by atoms with Crippen molar-refractivity contribution in [1.82, 2.24) is 9.62 Å². The van der Waals surface area contributed by atoms with Crippen LogP contribution in [0, 0.1) is 17.8 Å². The lowest BCUT2D eigenvalue weighted by molar-refractivity contribution is -0.0857. The molecule has 2 heterocycles. The first-order valence-corrected chi connectivity index (χ1v) is 18.7. The zero-order valence-corrected chi connectivity index (χ0v) is 29.1. The van der Waals surface area contributed by atoms with E-state index in [1.807, 2.05) is 32.0 Å². The van der Waals surface area contributed by atoms with Crippen LogP contribution in [0.3, 0.4) is 0 Å². The third-order valence-corrected chi connectivity index (χ3v) is 14.1. The minimum atomic E-state index is -2.96. The molecule has 8 atom stereocenters. The minimum Gasteiger partial charge on any atom is -0.490 e. The van der Waals surface area contributed by atoms with E-state index in [0.29, 0.717) is 24.5 Å². The molecular weight excluding hydrogens is 606 g/mol. The van der Waals surface area contributed by atoms with Crippen molar-refractivity contribution >= 4 is 38.8 Å². The highest BCUT2D eigenvalue weighted by Crippen LogP contribution is 2.49. The van der Waals surface area contributed by atoms with Crippen molar-refractivity contribution in [3.63, 3.8) is 0 Å². The fourth-order valence-electron chi connectivity index (χ4n) is 8.55. The smallest absolute Gasteiger partial charge is 0.262 e. The van der Waals surface area contributed by atoms with Crippen LogP contribution in [0.2, 0.25) is 5.02 Å². The number of hydrogen-bond donors (Lipinski definition) is 2. The second-order valence-corrected chi connectivity index (χ2v) is 17.8. The van der Waals surface area contributed by atoms with Crippen molar-refractivity contribution in [1.29, 1.82) is 0 Å². The number of amides is 1. The third kappa shape index (κ3) is 6.24. The second-order valence-electron chi connectivity index (χ2n) is 15.0. The lowest BCUT2D eigenvalue weighted by atomic mass is 9.63. The second kappa shape index (κ2) is 12.1. The molecule has 45 heavy (non-hydrogen) atoms. The number of aryl methyl sites for hydroxylation is 1. The van der Waals surface area contributed by atoms with Crippen molar-refractivity contribution in [2.75, 3.05) is 38.7 Å². The lowest BCUT2D eigenvalue weighted by Gasteiger charge is -2.50. The van der Waals surface area contributed by atoms with Crippen LogP contribution in [0.4, 0.5) is 5.69 Å². The Morgan fingerprint density at radius 1 is 1.18 bits per heavy atom. The van der Waals surface area contributed by atoms with Gasteiger partial charge in [-0.2, -0.15) is 0 Å². The molecule has 2 aromatic carbocycles. The number of rotatable bonds is 1. The molecule has 7 nitrogen and oxygen atoms in total. The number of halogens is 1. The largest absolute Gasteiger partial charge is 0.490 e. The Morgan fingerprint density at radius 2 is 1.96 bits per heavy atom. The van der Waals surface area contributed by atoms with E-state index in [9.17, 15) is 14.1 Å². The van der Waals surface area contributed by atoms with Gasteiger partial charge in [0.1, 0.15) is 5.75 Å². The van der Waals surface area contributed by atoms with E-state index in [1.165, 1.54) is 11.1 Å². The fourth-order valence-corrected chi connectivity index (χ4v) is 10.2. The van der Waals surface area contributed by atoms with Gasteiger partial charge in [-0.15, -0.1) is 0 Å². The van der Waals surface area contributed by atoms with Crippen molar-refractivity contribution in [2.24, 2.45) is 17.8 Å². The molecule has 1 unspecified atom stereocenters. The van der Waals surface area contributed by atoms with Crippen LogP contribution in [0.5, 0.6) is 5.75 Å². The molecule has 0 aromatic heterocycles. The molecule has 246 valence electrons. The van der Waals surface area contributed by atoms with E-state index >= 15 is 0 Å². The Bertz CT molecular complexity index is 1560. The molecule has 1 amide bonds. The Labute approximate surface area is 274 Å². The van der Waals surface area contributed by atoms with Crippen molar-refractivity contribution < 1.29 is 18.8 Å². The Morgan fingerprint density at radius 3 is 2.67 bits per heavy atom. The Kier molecular flexibility index (Phi) is 8.77. The molecule has 9 heteroatoms. The SMILES string of the molecule is C=S1(=O)NC(=O)c2ccc3c(c2)N(C[C@@H]2CC[C@H]2[C@](C)(O)C[C@@H](N(C)C)C[C@H](C)[C@H]1C)C[C@@]1(CCCc2cc(Cl)ccc21)CO3. The van der Waals surface area contributed by atoms with E-state index in [4.69, 9.17) is 16.3 Å². The summed E-state index contributed by atoms with van der Waals surface area (Å²) in [6.07, 6.45) is 6.46. The van der Waals surface area contributed by atoms with Gasteiger partial charge in [0.2, 0.25) is 0 Å². The summed E-state index contributed by atoms with van der Waals surface area (Å²) in [5.74, 6) is 4.88. The number of hydrogen-bond acceptors (Lipinski definition) is 6. The fraction of sp³-hybridized carbons (Fsp3) is 0.611. The summed E-state index contributed by atoms with van der Waals surface area (Å²) < 4.78 is 23.4. The molecule has 0 saturated heterocycles. The number of ether oxygens (including phenoxy) is 1. The summed E-state index contributed by atoms with van der Waals surface area (Å²) in [7, 11) is 1.15. The van der Waals surface area contributed by atoms with Crippen LogP contribution in [-0.4, -0.2) is 76.7 Å². The first kappa shape index (κ1) is 32.7. The summed E-state index contributed by atoms with van der Waals surface area (Å²) in [5, 5.41) is 12.5. The highest BCUT2D eigenvalue weighted by Gasteiger charge is 2.48. The molecular formula is C36H50ClN3O4S. The molecule has 1 fully saturated rings. The van der Waals surface area contributed by atoms with Gasteiger partial charge in [0.15, 0.2) is 0 Å². The average molecular weight is 656 g/mol. The molecule has 2 bridgehead atoms. The van der Waals surface area contributed by atoms with Crippen LogP contribution in [0.15, 0.2) is 36.4 Å². The molecule has 1 saturated carbocycles. The number of nitrogens with zero attached hydrogens (tertiary/aromatic N) is 2. The predicted octanol–water partition coefficient (Wildman–Crippen LogP) is 5.70. The maximum Gasteiger partial charge on any atom is 0.262 e. The molecule has 2 aliphatic heterocycles. The van der Waals surface area contributed by atoms with Crippen molar-refractivity contribution in [3.8, 4) is 5.75 Å². The molecule has 2 aromatic rings. The van der Waals surface area contributed by atoms with Gasteiger partial charge in [0, 0.05) is 40.4 Å². The van der Waals surface area contributed by atoms with E-state index < -0.39 is 15.3 Å². The Balaban J connectivity index is 1.44. The van der Waals surface area contributed by atoms with Crippen molar-refractivity contribution in [3.05, 3.63) is 58.1 Å². The number of carbonyl (C=O) groups is 1. The van der Waals surface area contributed by atoms with Crippen LogP contribution in [0.1, 0.15) is 80.8 Å². The quantitative estimate of drug-likeness (QED) is 0.384. The van der Waals surface area contributed by atoms with E-state index in [1.54, 1.807) is 6.07 Å². The molecule has 6 rings (SSSR count). The topological polar surface area (TPSA) is 82.1 Å². The predicted molar refractivity (Wildman–Crippen MR) is 185 cm³/mol. The summed E-state index contributed by atoms with van der Waals surface area (Å²) in [4.78, 5) is 18.3. The summed E-state index contributed by atoms with van der Waals surface area (Å²) in [6.45, 7) is 8.05. The van der Waals surface area contributed by atoms with Crippen molar-refractivity contribution in [2.45, 2.75) is 88.0 Å². The minimum absolute atomic E-state index is 0.0176. The Hall–Kier alpha value is -2.26.